The van der Waals surface area contributed by atoms with Gasteiger partial charge >= 0.3 is 0 Å². The molecule has 1 fully saturated rings. The number of piperidine rings is 1. The normalized spacial score (nSPS) is 14.6. The molecular formula is C18H24N6O3. The third-order valence-electron chi connectivity index (χ3n) is 4.29. The Morgan fingerprint density at radius 3 is 2.70 bits per heavy atom. The number of benzene rings is 1. The Labute approximate surface area is 157 Å². The number of para-hydroxylation sites is 1. The molecule has 2 heterocycles. The third-order valence-corrected chi connectivity index (χ3v) is 4.29. The Morgan fingerprint density at radius 1 is 1.22 bits per heavy atom. The summed E-state index contributed by atoms with van der Waals surface area (Å²) >= 11 is 0. The van der Waals surface area contributed by atoms with Crippen LogP contribution in [0.4, 0.5) is 5.95 Å². The summed E-state index contributed by atoms with van der Waals surface area (Å²) in [6, 6.07) is 9.02. The number of nitrogens with one attached hydrogen (secondary N) is 3. The number of hydrogen-bond donors (Lipinski definition) is 3. The lowest BCUT2D eigenvalue weighted by atomic mass is 9.98. The summed E-state index contributed by atoms with van der Waals surface area (Å²) in [5.74, 6) is 1.29. The molecule has 9 heteroatoms. The summed E-state index contributed by atoms with van der Waals surface area (Å²) in [7, 11) is 1.74. The van der Waals surface area contributed by atoms with Gasteiger partial charge in [0.2, 0.25) is 11.9 Å². The Hall–Kier alpha value is -2.94. The van der Waals surface area contributed by atoms with Crippen molar-refractivity contribution in [3.8, 4) is 5.75 Å². The Bertz CT molecular complexity index is 771. The highest BCUT2D eigenvalue weighted by Crippen LogP contribution is 2.23. The topological polar surface area (TPSA) is 110 Å². The summed E-state index contributed by atoms with van der Waals surface area (Å²) in [5.41, 5.74) is 0. The second kappa shape index (κ2) is 9.13. The number of aryl methyl sites for hydroxylation is 1. The van der Waals surface area contributed by atoms with Crippen LogP contribution in [0.2, 0.25) is 0 Å². The van der Waals surface area contributed by atoms with Gasteiger partial charge in [-0.25, -0.2) is 4.68 Å². The highest BCUT2D eigenvalue weighted by atomic mass is 16.5. The average Bonchev–Trinajstić information content (AvgIpc) is 3.06. The number of amides is 2. The van der Waals surface area contributed by atoms with Gasteiger partial charge in [-0.05, 0) is 38.1 Å². The SMILES string of the molecule is Cn1nc(C2CCNCC2)nc1NC(=O)CNC(=O)COc1ccccc1. The van der Waals surface area contributed by atoms with Gasteiger partial charge in [0, 0.05) is 13.0 Å². The Morgan fingerprint density at radius 2 is 1.96 bits per heavy atom. The van der Waals surface area contributed by atoms with E-state index in [4.69, 9.17) is 4.74 Å². The van der Waals surface area contributed by atoms with Crippen molar-refractivity contribution in [2.75, 3.05) is 31.6 Å². The van der Waals surface area contributed by atoms with E-state index in [-0.39, 0.29) is 25.0 Å². The van der Waals surface area contributed by atoms with Crippen LogP contribution in [-0.4, -0.2) is 52.8 Å². The molecule has 0 bridgehead atoms. The van der Waals surface area contributed by atoms with Gasteiger partial charge in [0.05, 0.1) is 6.54 Å². The van der Waals surface area contributed by atoms with Crippen molar-refractivity contribution in [3.05, 3.63) is 36.2 Å². The smallest absolute Gasteiger partial charge is 0.258 e. The van der Waals surface area contributed by atoms with Gasteiger partial charge in [0.1, 0.15) is 5.75 Å². The first-order valence-corrected chi connectivity index (χ1v) is 8.98. The molecule has 1 aliphatic heterocycles. The van der Waals surface area contributed by atoms with Gasteiger partial charge in [0.15, 0.2) is 12.4 Å². The molecule has 0 spiro atoms. The summed E-state index contributed by atoms with van der Waals surface area (Å²) < 4.78 is 6.88. The van der Waals surface area contributed by atoms with E-state index in [1.807, 2.05) is 18.2 Å². The summed E-state index contributed by atoms with van der Waals surface area (Å²) in [4.78, 5) is 28.3. The zero-order valence-electron chi connectivity index (χ0n) is 15.3. The van der Waals surface area contributed by atoms with E-state index in [0.29, 0.717) is 17.6 Å². The van der Waals surface area contributed by atoms with Crippen LogP contribution < -0.4 is 20.7 Å². The summed E-state index contributed by atoms with van der Waals surface area (Å²) in [5, 5.41) is 12.9. The number of ether oxygens (including phenoxy) is 1. The van der Waals surface area contributed by atoms with Gasteiger partial charge < -0.3 is 15.4 Å². The van der Waals surface area contributed by atoms with Gasteiger partial charge in [-0.1, -0.05) is 18.2 Å². The van der Waals surface area contributed by atoms with E-state index in [1.165, 1.54) is 0 Å². The fourth-order valence-corrected chi connectivity index (χ4v) is 2.83. The maximum Gasteiger partial charge on any atom is 0.258 e. The number of hydrogen-bond acceptors (Lipinski definition) is 6. The van der Waals surface area contributed by atoms with Crippen LogP contribution in [0.5, 0.6) is 5.75 Å². The van der Waals surface area contributed by atoms with E-state index in [9.17, 15) is 9.59 Å². The molecule has 0 saturated carbocycles. The van der Waals surface area contributed by atoms with Crippen molar-refractivity contribution in [2.45, 2.75) is 18.8 Å². The van der Waals surface area contributed by atoms with Crippen LogP contribution in [-0.2, 0) is 16.6 Å². The van der Waals surface area contributed by atoms with Crippen molar-refractivity contribution in [1.29, 1.82) is 0 Å². The van der Waals surface area contributed by atoms with Crippen LogP contribution in [0.15, 0.2) is 30.3 Å². The van der Waals surface area contributed by atoms with Crippen molar-refractivity contribution in [3.63, 3.8) is 0 Å². The quantitative estimate of drug-likeness (QED) is 0.650. The minimum absolute atomic E-state index is 0.152. The minimum Gasteiger partial charge on any atom is -0.484 e. The predicted octanol–water partition coefficient (Wildman–Crippen LogP) is 0.416. The molecule has 0 radical (unpaired) electrons. The molecule has 2 aromatic rings. The van der Waals surface area contributed by atoms with Crippen LogP contribution in [0.3, 0.4) is 0 Å². The predicted molar refractivity (Wildman–Crippen MR) is 99.4 cm³/mol. The van der Waals surface area contributed by atoms with Gasteiger partial charge in [-0.3, -0.25) is 14.9 Å². The lowest BCUT2D eigenvalue weighted by Crippen LogP contribution is -2.36. The number of aromatic nitrogens is 3. The van der Waals surface area contributed by atoms with Crippen molar-refractivity contribution < 1.29 is 14.3 Å². The molecule has 2 amide bonds. The van der Waals surface area contributed by atoms with Crippen molar-refractivity contribution in [2.24, 2.45) is 7.05 Å². The molecular weight excluding hydrogens is 348 g/mol. The molecule has 3 rings (SSSR count). The lowest BCUT2D eigenvalue weighted by Gasteiger charge is -2.19. The second-order valence-electron chi connectivity index (χ2n) is 6.37. The first-order valence-electron chi connectivity index (χ1n) is 8.98. The standard InChI is InChI=1S/C18H24N6O3/c1-24-18(22-17(23-24)13-7-9-19-10-8-13)21-15(25)11-20-16(26)12-27-14-5-3-2-4-6-14/h2-6,13,19H,7-12H2,1H3,(H,20,26)(H,21,22,23,25). The van der Waals surface area contributed by atoms with Crippen LogP contribution in [0, 0.1) is 0 Å². The fourth-order valence-electron chi connectivity index (χ4n) is 2.83. The molecule has 0 atom stereocenters. The van der Waals surface area contributed by atoms with Gasteiger partial charge in [0.25, 0.3) is 5.91 Å². The highest BCUT2D eigenvalue weighted by Gasteiger charge is 2.21. The van der Waals surface area contributed by atoms with Crippen LogP contribution in [0.1, 0.15) is 24.6 Å². The molecule has 3 N–H and O–H groups in total. The number of nitrogens with zero attached hydrogens (tertiary/aromatic N) is 3. The first kappa shape index (κ1) is 18.8. The molecule has 27 heavy (non-hydrogen) atoms. The second-order valence-corrected chi connectivity index (χ2v) is 6.37. The fraction of sp³-hybridized carbons (Fsp3) is 0.444. The zero-order chi connectivity index (χ0) is 19.1. The van der Waals surface area contributed by atoms with Gasteiger partial charge in [-0.15, -0.1) is 0 Å². The van der Waals surface area contributed by atoms with E-state index in [0.717, 1.165) is 31.8 Å². The average molecular weight is 372 g/mol. The molecule has 1 saturated heterocycles. The number of carbonyl (C=O) groups excluding carboxylic acids is 2. The van der Waals surface area contributed by atoms with E-state index in [1.54, 1.807) is 23.9 Å². The molecule has 1 aliphatic rings. The summed E-state index contributed by atoms with van der Waals surface area (Å²) in [6.07, 6.45) is 1.96. The molecule has 144 valence electrons. The molecule has 1 aromatic heterocycles. The number of rotatable bonds is 7. The first-order chi connectivity index (χ1) is 13.1. The maximum absolute atomic E-state index is 12.1. The van der Waals surface area contributed by atoms with Crippen LogP contribution in [0.25, 0.3) is 0 Å². The van der Waals surface area contributed by atoms with Crippen molar-refractivity contribution >= 4 is 17.8 Å². The van der Waals surface area contributed by atoms with Gasteiger partial charge in [-0.2, -0.15) is 10.1 Å². The summed E-state index contributed by atoms with van der Waals surface area (Å²) in [6.45, 7) is 1.58. The molecule has 1 aromatic carbocycles. The monoisotopic (exact) mass is 372 g/mol. The third kappa shape index (κ3) is 5.52. The Balaban J connectivity index is 1.43. The lowest BCUT2D eigenvalue weighted by molar-refractivity contribution is -0.125. The molecule has 0 aliphatic carbocycles. The number of carbonyl (C=O) groups is 2. The minimum atomic E-state index is -0.373. The van der Waals surface area contributed by atoms with E-state index in [2.05, 4.69) is 26.0 Å². The number of anilines is 1. The highest BCUT2D eigenvalue weighted by molar-refractivity contribution is 5.93. The van der Waals surface area contributed by atoms with Crippen molar-refractivity contribution in [1.82, 2.24) is 25.4 Å². The van der Waals surface area contributed by atoms with E-state index >= 15 is 0 Å². The van der Waals surface area contributed by atoms with Crippen LogP contribution >= 0.6 is 0 Å². The largest absolute Gasteiger partial charge is 0.484 e. The maximum atomic E-state index is 12.1. The van der Waals surface area contributed by atoms with E-state index < -0.39 is 0 Å². The molecule has 0 unspecified atom stereocenters. The molecule has 9 nitrogen and oxygen atoms in total. The zero-order valence-corrected chi connectivity index (χ0v) is 15.3. The Kier molecular flexibility index (Phi) is 6.37.